The summed E-state index contributed by atoms with van der Waals surface area (Å²) in [5.74, 6) is 0. The Labute approximate surface area is 139 Å². The van der Waals surface area contributed by atoms with Crippen molar-refractivity contribution in [2.75, 3.05) is 13.1 Å². The normalized spacial score (nSPS) is 17.7. The highest BCUT2D eigenvalue weighted by atomic mass is 15.2. The molecule has 1 aromatic rings. The molecule has 1 aliphatic rings. The zero-order chi connectivity index (χ0) is 16.7. The van der Waals surface area contributed by atoms with E-state index in [0.29, 0.717) is 0 Å². The van der Waals surface area contributed by atoms with Crippen LogP contribution in [0.3, 0.4) is 0 Å². The van der Waals surface area contributed by atoms with Crippen molar-refractivity contribution in [2.45, 2.75) is 20.3 Å². The number of allylic oxidation sites excluding steroid dienone is 4. The van der Waals surface area contributed by atoms with Crippen molar-refractivity contribution in [1.82, 2.24) is 15.2 Å². The van der Waals surface area contributed by atoms with E-state index >= 15 is 0 Å². The fourth-order valence-corrected chi connectivity index (χ4v) is 2.66. The van der Waals surface area contributed by atoms with Crippen LogP contribution in [0.5, 0.6) is 0 Å². The molecule has 0 unspecified atom stereocenters. The van der Waals surface area contributed by atoms with Gasteiger partial charge < -0.3 is 10.2 Å². The molecule has 2 rings (SSSR count). The largest absolute Gasteiger partial charge is 0.368 e. The molecule has 0 aliphatic carbocycles. The highest BCUT2D eigenvalue weighted by Crippen LogP contribution is 2.29. The molecule has 0 saturated carbocycles. The number of hydrogen-bond acceptors (Lipinski definition) is 3. The molecule has 3 nitrogen and oxygen atoms in total. The van der Waals surface area contributed by atoms with Gasteiger partial charge in [0.1, 0.15) is 0 Å². The van der Waals surface area contributed by atoms with Crippen LogP contribution >= 0.6 is 0 Å². The van der Waals surface area contributed by atoms with Crippen molar-refractivity contribution in [3.63, 3.8) is 0 Å². The van der Waals surface area contributed by atoms with E-state index in [4.69, 9.17) is 0 Å². The summed E-state index contributed by atoms with van der Waals surface area (Å²) < 4.78 is 0. The van der Waals surface area contributed by atoms with E-state index in [1.807, 2.05) is 18.5 Å². The summed E-state index contributed by atoms with van der Waals surface area (Å²) >= 11 is 0. The first-order chi connectivity index (χ1) is 11.2. The lowest BCUT2D eigenvalue weighted by atomic mass is 10.0. The maximum absolute atomic E-state index is 4.23. The molecule has 2 heterocycles. The van der Waals surface area contributed by atoms with Crippen molar-refractivity contribution in [2.24, 2.45) is 0 Å². The Kier molecular flexibility index (Phi) is 5.98. The van der Waals surface area contributed by atoms with Crippen LogP contribution in [0, 0.1) is 0 Å². The summed E-state index contributed by atoms with van der Waals surface area (Å²) in [5, 5.41) is 3.04. The van der Waals surface area contributed by atoms with Crippen LogP contribution in [0.4, 0.5) is 0 Å². The van der Waals surface area contributed by atoms with Gasteiger partial charge in [-0.1, -0.05) is 25.3 Å². The molecule has 0 spiro atoms. The van der Waals surface area contributed by atoms with Gasteiger partial charge in [0.2, 0.25) is 0 Å². The minimum absolute atomic E-state index is 0.885. The van der Waals surface area contributed by atoms with Gasteiger partial charge in [-0.25, -0.2) is 0 Å². The van der Waals surface area contributed by atoms with Gasteiger partial charge in [0.15, 0.2) is 0 Å². The topological polar surface area (TPSA) is 28.2 Å². The van der Waals surface area contributed by atoms with E-state index in [0.717, 1.165) is 25.1 Å². The smallest absolute Gasteiger partial charge is 0.0403 e. The number of aromatic nitrogens is 1. The number of nitrogens with one attached hydrogen (secondary N) is 1. The standard InChI is InChI=1S/C20H25N3/c1-5-18(19-8-7-10-22-14-19)12-20-17(4)9-11-23(20)15-16(3)13-21-6-2/h5-8,10,12-14,21H,2,4,9,11,15H2,1,3H3/b16-13+,18-5+,20-12+. The van der Waals surface area contributed by atoms with E-state index in [2.05, 4.69) is 60.4 Å². The van der Waals surface area contributed by atoms with Crippen LogP contribution in [0.15, 0.2) is 79.1 Å². The maximum atomic E-state index is 4.23. The maximum Gasteiger partial charge on any atom is 0.0403 e. The molecule has 0 radical (unpaired) electrons. The van der Waals surface area contributed by atoms with E-state index in [9.17, 15) is 0 Å². The third-order valence-corrected chi connectivity index (χ3v) is 3.87. The fourth-order valence-electron chi connectivity index (χ4n) is 2.66. The third-order valence-electron chi connectivity index (χ3n) is 3.87. The second-order valence-electron chi connectivity index (χ2n) is 5.65. The van der Waals surface area contributed by atoms with Gasteiger partial charge in [0.25, 0.3) is 0 Å². The lowest BCUT2D eigenvalue weighted by molar-refractivity contribution is 0.427. The first-order valence-corrected chi connectivity index (χ1v) is 7.89. The zero-order valence-electron chi connectivity index (χ0n) is 14.0. The molecule has 0 bridgehead atoms. The predicted molar refractivity (Wildman–Crippen MR) is 98.4 cm³/mol. The molecular weight excluding hydrogens is 282 g/mol. The summed E-state index contributed by atoms with van der Waals surface area (Å²) in [6.45, 7) is 14.0. The number of pyridine rings is 1. The van der Waals surface area contributed by atoms with Crippen LogP contribution in [0.25, 0.3) is 5.57 Å². The first-order valence-electron chi connectivity index (χ1n) is 7.89. The second-order valence-corrected chi connectivity index (χ2v) is 5.65. The van der Waals surface area contributed by atoms with Gasteiger partial charge in [0, 0.05) is 37.4 Å². The van der Waals surface area contributed by atoms with Gasteiger partial charge in [-0.15, -0.1) is 0 Å². The SMILES string of the molecule is C=CN/C=C(\C)CN1CCC(=C)/C1=C\C(=C/C)c1cccnc1. The molecular formula is C20H25N3. The predicted octanol–water partition coefficient (Wildman–Crippen LogP) is 4.27. The van der Waals surface area contributed by atoms with E-state index in [1.165, 1.54) is 22.4 Å². The molecule has 1 aromatic heterocycles. The molecule has 0 amide bonds. The highest BCUT2D eigenvalue weighted by molar-refractivity contribution is 5.75. The summed E-state index contributed by atoms with van der Waals surface area (Å²) in [7, 11) is 0. The molecule has 1 N–H and O–H groups in total. The van der Waals surface area contributed by atoms with Crippen molar-refractivity contribution >= 4 is 5.57 Å². The van der Waals surface area contributed by atoms with Gasteiger partial charge in [-0.05, 0) is 60.9 Å². The quantitative estimate of drug-likeness (QED) is 0.851. The molecule has 0 aromatic carbocycles. The molecule has 23 heavy (non-hydrogen) atoms. The van der Waals surface area contributed by atoms with Crippen LogP contribution in [0.2, 0.25) is 0 Å². The molecule has 3 heteroatoms. The summed E-state index contributed by atoms with van der Waals surface area (Å²) in [6, 6.07) is 4.05. The van der Waals surface area contributed by atoms with Gasteiger partial charge >= 0.3 is 0 Å². The number of likely N-dealkylation sites (tertiary alicyclic amines) is 1. The van der Waals surface area contributed by atoms with Crippen molar-refractivity contribution < 1.29 is 0 Å². The van der Waals surface area contributed by atoms with Crippen molar-refractivity contribution in [3.8, 4) is 0 Å². The van der Waals surface area contributed by atoms with E-state index in [1.54, 1.807) is 12.4 Å². The van der Waals surface area contributed by atoms with Gasteiger partial charge in [-0.2, -0.15) is 0 Å². The Morgan fingerprint density at radius 1 is 1.48 bits per heavy atom. The Morgan fingerprint density at radius 2 is 2.30 bits per heavy atom. The second kappa shape index (κ2) is 8.18. The molecule has 1 saturated heterocycles. The number of hydrogen-bond donors (Lipinski definition) is 1. The minimum Gasteiger partial charge on any atom is -0.368 e. The average Bonchev–Trinajstić information content (AvgIpc) is 2.91. The van der Waals surface area contributed by atoms with Crippen molar-refractivity contribution in [3.05, 3.63) is 84.6 Å². The summed E-state index contributed by atoms with van der Waals surface area (Å²) in [6.07, 6.45) is 12.7. The van der Waals surface area contributed by atoms with E-state index < -0.39 is 0 Å². The Morgan fingerprint density at radius 3 is 2.96 bits per heavy atom. The Hall–Kier alpha value is -2.55. The lowest BCUT2D eigenvalue weighted by Crippen LogP contribution is -2.20. The van der Waals surface area contributed by atoms with E-state index in [-0.39, 0.29) is 0 Å². The molecule has 120 valence electrons. The summed E-state index contributed by atoms with van der Waals surface area (Å²) in [4.78, 5) is 6.59. The number of nitrogens with zero attached hydrogens (tertiary/aromatic N) is 2. The molecule has 0 atom stereocenters. The molecule has 1 aliphatic heterocycles. The molecule has 1 fully saturated rings. The lowest BCUT2D eigenvalue weighted by Gasteiger charge is -2.21. The zero-order valence-corrected chi connectivity index (χ0v) is 14.0. The average molecular weight is 307 g/mol. The minimum atomic E-state index is 0.885. The van der Waals surface area contributed by atoms with Crippen molar-refractivity contribution in [1.29, 1.82) is 0 Å². The third kappa shape index (κ3) is 4.46. The van der Waals surface area contributed by atoms with Crippen LogP contribution in [-0.2, 0) is 0 Å². The highest BCUT2D eigenvalue weighted by Gasteiger charge is 2.21. The first kappa shape index (κ1) is 16.8. The monoisotopic (exact) mass is 307 g/mol. The van der Waals surface area contributed by atoms with Crippen LogP contribution in [0.1, 0.15) is 25.8 Å². The van der Waals surface area contributed by atoms with Gasteiger partial charge in [0.05, 0.1) is 0 Å². The number of rotatable bonds is 6. The van der Waals surface area contributed by atoms with Gasteiger partial charge in [-0.3, -0.25) is 4.98 Å². The van der Waals surface area contributed by atoms with Crippen LogP contribution < -0.4 is 5.32 Å². The fraction of sp³-hybridized carbons (Fsp3) is 0.250. The Bertz CT molecular complexity index is 651. The Balaban J connectivity index is 2.23. The summed E-state index contributed by atoms with van der Waals surface area (Å²) in [5.41, 5.74) is 5.97. The van der Waals surface area contributed by atoms with Crippen LogP contribution in [-0.4, -0.2) is 23.0 Å².